The number of aromatic hydroxyl groups is 2. The fraction of sp³-hybridized carbons (Fsp3) is 0.167. The summed E-state index contributed by atoms with van der Waals surface area (Å²) in [5.41, 5.74) is -5.32. The molecule has 39 heavy (non-hydrogen) atoms. The van der Waals surface area contributed by atoms with Crippen molar-refractivity contribution in [2.45, 2.75) is 19.3 Å². The molecule has 10 nitrogen and oxygen atoms in total. The number of carboxylic acids is 1. The Morgan fingerprint density at radius 3 is 2.08 bits per heavy atom. The van der Waals surface area contributed by atoms with Crippen LogP contribution >= 0.6 is 0 Å². The molecule has 0 bridgehead atoms. The van der Waals surface area contributed by atoms with Gasteiger partial charge in [0.1, 0.15) is 29.3 Å². The van der Waals surface area contributed by atoms with Crippen molar-refractivity contribution in [3.05, 3.63) is 92.3 Å². The van der Waals surface area contributed by atoms with Gasteiger partial charge in [-0.3, -0.25) is 23.7 Å². The largest absolute Gasteiger partial charge is 0.506 e. The number of halogens is 5. The van der Waals surface area contributed by atoms with Gasteiger partial charge in [0, 0.05) is 12.1 Å². The standard InChI is InChI=1S/C24H18F5N3O7/c25-14-5-1-11(2-6-14)8-30-20(36)17-19(35)18(21(37)31-9-16(33)34)23(39)32(22(17)38)10-12-3-4-13(7-15(12)26)24(27,28)29/h1-7,35,38H,8-10H2,(H,30,36)(H,31,37)(H,33,34). The second-order valence-electron chi connectivity index (χ2n) is 8.00. The normalized spacial score (nSPS) is 11.2. The van der Waals surface area contributed by atoms with Crippen molar-refractivity contribution in [1.29, 1.82) is 0 Å². The van der Waals surface area contributed by atoms with Crippen LogP contribution in [0.2, 0.25) is 0 Å². The molecule has 0 saturated heterocycles. The number of nitrogens with zero attached hydrogens (tertiary/aromatic N) is 1. The van der Waals surface area contributed by atoms with Crippen molar-refractivity contribution in [3.8, 4) is 11.6 Å². The van der Waals surface area contributed by atoms with E-state index < -0.39 is 88.1 Å². The van der Waals surface area contributed by atoms with Crippen molar-refractivity contribution in [3.63, 3.8) is 0 Å². The summed E-state index contributed by atoms with van der Waals surface area (Å²) in [5, 5.41) is 34.1. The summed E-state index contributed by atoms with van der Waals surface area (Å²) in [5.74, 6) is -8.91. The summed E-state index contributed by atoms with van der Waals surface area (Å²) in [4.78, 5) is 49.2. The maximum atomic E-state index is 14.5. The molecule has 0 unspecified atom stereocenters. The maximum Gasteiger partial charge on any atom is 0.416 e. The lowest BCUT2D eigenvalue weighted by molar-refractivity contribution is -0.138. The van der Waals surface area contributed by atoms with Gasteiger partial charge in [-0.2, -0.15) is 13.2 Å². The average molecular weight is 555 g/mol. The molecule has 0 fully saturated rings. The van der Waals surface area contributed by atoms with Gasteiger partial charge >= 0.3 is 12.1 Å². The number of hydrogen-bond donors (Lipinski definition) is 5. The van der Waals surface area contributed by atoms with Gasteiger partial charge in [-0.05, 0) is 29.8 Å². The Balaban J connectivity index is 2.09. The number of aromatic nitrogens is 1. The highest BCUT2D eigenvalue weighted by Crippen LogP contribution is 2.32. The zero-order valence-electron chi connectivity index (χ0n) is 19.5. The number of carbonyl (C=O) groups is 3. The Morgan fingerprint density at radius 2 is 1.51 bits per heavy atom. The van der Waals surface area contributed by atoms with Crippen LogP contribution in [0.3, 0.4) is 0 Å². The van der Waals surface area contributed by atoms with Gasteiger partial charge in [-0.1, -0.05) is 18.2 Å². The van der Waals surface area contributed by atoms with E-state index in [4.69, 9.17) is 5.11 Å². The van der Waals surface area contributed by atoms with Gasteiger partial charge in [0.15, 0.2) is 5.75 Å². The summed E-state index contributed by atoms with van der Waals surface area (Å²) < 4.78 is 66.5. The lowest BCUT2D eigenvalue weighted by Gasteiger charge is -2.17. The smallest absolute Gasteiger partial charge is 0.416 e. The number of nitrogens with one attached hydrogen (secondary N) is 2. The molecule has 2 amide bonds. The maximum absolute atomic E-state index is 14.5. The lowest BCUT2D eigenvalue weighted by Crippen LogP contribution is -2.37. The Hall–Kier alpha value is -4.95. The van der Waals surface area contributed by atoms with E-state index >= 15 is 0 Å². The van der Waals surface area contributed by atoms with Gasteiger partial charge in [-0.25, -0.2) is 8.78 Å². The van der Waals surface area contributed by atoms with E-state index in [-0.39, 0.29) is 17.2 Å². The van der Waals surface area contributed by atoms with Crippen LogP contribution in [0.25, 0.3) is 0 Å². The summed E-state index contributed by atoms with van der Waals surface area (Å²) >= 11 is 0. The molecule has 206 valence electrons. The first-order valence-corrected chi connectivity index (χ1v) is 10.8. The molecule has 0 aliphatic heterocycles. The van der Waals surface area contributed by atoms with Crippen molar-refractivity contribution in [1.82, 2.24) is 15.2 Å². The van der Waals surface area contributed by atoms with E-state index in [0.29, 0.717) is 17.7 Å². The topological polar surface area (TPSA) is 158 Å². The highest BCUT2D eigenvalue weighted by Gasteiger charge is 2.32. The zero-order chi connectivity index (χ0) is 29.1. The predicted octanol–water partition coefficient (Wildman–Crippen LogP) is 2.35. The van der Waals surface area contributed by atoms with E-state index in [1.165, 1.54) is 12.1 Å². The molecule has 0 spiro atoms. The van der Waals surface area contributed by atoms with Crippen LogP contribution in [0.5, 0.6) is 11.6 Å². The number of amides is 2. The summed E-state index contributed by atoms with van der Waals surface area (Å²) in [6, 6.07) is 6.06. The molecule has 3 aromatic rings. The predicted molar refractivity (Wildman–Crippen MR) is 122 cm³/mol. The second kappa shape index (κ2) is 11.2. The molecular formula is C24H18F5N3O7. The van der Waals surface area contributed by atoms with E-state index in [1.54, 1.807) is 5.32 Å². The second-order valence-corrected chi connectivity index (χ2v) is 8.00. The van der Waals surface area contributed by atoms with Crippen molar-refractivity contribution in [2.75, 3.05) is 6.54 Å². The fourth-order valence-electron chi connectivity index (χ4n) is 3.40. The molecule has 0 saturated carbocycles. The van der Waals surface area contributed by atoms with Crippen LogP contribution in [0.4, 0.5) is 22.0 Å². The van der Waals surface area contributed by atoms with Gasteiger partial charge in [0.05, 0.1) is 12.1 Å². The van der Waals surface area contributed by atoms with Crippen LogP contribution in [0.15, 0.2) is 47.3 Å². The third kappa shape index (κ3) is 6.49. The summed E-state index contributed by atoms with van der Waals surface area (Å²) in [7, 11) is 0. The molecule has 15 heteroatoms. The van der Waals surface area contributed by atoms with E-state index in [0.717, 1.165) is 12.1 Å². The molecule has 0 aliphatic rings. The van der Waals surface area contributed by atoms with Crippen molar-refractivity contribution in [2.24, 2.45) is 0 Å². The summed E-state index contributed by atoms with van der Waals surface area (Å²) in [6.45, 7) is -2.30. The number of rotatable bonds is 8. The summed E-state index contributed by atoms with van der Waals surface area (Å²) in [6.07, 6.45) is -4.89. The third-order valence-corrected chi connectivity index (χ3v) is 5.34. The number of pyridine rings is 1. The number of hydrogen-bond acceptors (Lipinski definition) is 6. The number of carboxylic acid groups (broad SMARTS) is 1. The number of benzene rings is 2. The van der Waals surface area contributed by atoms with Gasteiger partial charge in [0.2, 0.25) is 5.88 Å². The van der Waals surface area contributed by atoms with Crippen molar-refractivity contribution < 1.29 is 51.7 Å². The molecule has 5 N–H and O–H groups in total. The van der Waals surface area contributed by atoms with Gasteiger partial charge in [-0.15, -0.1) is 0 Å². The van der Waals surface area contributed by atoms with Crippen LogP contribution < -0.4 is 16.2 Å². The average Bonchev–Trinajstić information content (AvgIpc) is 2.85. The number of aliphatic carboxylic acids is 1. The minimum atomic E-state index is -4.89. The van der Waals surface area contributed by atoms with E-state index in [2.05, 4.69) is 5.32 Å². The minimum absolute atomic E-state index is 0.134. The molecular weight excluding hydrogens is 537 g/mol. The third-order valence-electron chi connectivity index (χ3n) is 5.34. The van der Waals surface area contributed by atoms with Crippen LogP contribution in [0.1, 0.15) is 37.4 Å². The molecule has 0 radical (unpaired) electrons. The highest BCUT2D eigenvalue weighted by atomic mass is 19.4. The molecule has 1 heterocycles. The van der Waals surface area contributed by atoms with E-state index in [9.17, 15) is 51.3 Å². The molecule has 1 aromatic heterocycles. The SMILES string of the molecule is O=C(O)CNC(=O)c1c(O)c(C(=O)NCc2ccc(F)cc2)c(O)n(Cc2ccc(C(F)(F)F)cc2F)c1=O. The molecule has 3 rings (SSSR count). The van der Waals surface area contributed by atoms with Gasteiger partial charge < -0.3 is 26.0 Å². The lowest BCUT2D eigenvalue weighted by atomic mass is 10.1. The number of carbonyl (C=O) groups excluding carboxylic acids is 2. The van der Waals surface area contributed by atoms with Crippen LogP contribution in [-0.4, -0.2) is 44.2 Å². The van der Waals surface area contributed by atoms with Crippen LogP contribution in [0, 0.1) is 11.6 Å². The Bertz CT molecular complexity index is 1500. The molecule has 2 aromatic carbocycles. The molecule has 0 aliphatic carbocycles. The zero-order valence-corrected chi connectivity index (χ0v) is 19.5. The molecule has 0 atom stereocenters. The van der Waals surface area contributed by atoms with Crippen molar-refractivity contribution >= 4 is 17.8 Å². The first kappa shape index (κ1) is 28.6. The van der Waals surface area contributed by atoms with Crippen LogP contribution in [-0.2, 0) is 24.1 Å². The monoisotopic (exact) mass is 555 g/mol. The highest BCUT2D eigenvalue weighted by molar-refractivity contribution is 6.05. The first-order valence-electron chi connectivity index (χ1n) is 10.8. The Morgan fingerprint density at radius 1 is 0.897 bits per heavy atom. The minimum Gasteiger partial charge on any atom is -0.506 e. The number of alkyl halides is 3. The first-order chi connectivity index (χ1) is 18.2. The van der Waals surface area contributed by atoms with Gasteiger partial charge in [0.25, 0.3) is 17.4 Å². The van der Waals surface area contributed by atoms with E-state index in [1.807, 2.05) is 0 Å². The fourth-order valence-corrected chi connectivity index (χ4v) is 3.40. The quantitative estimate of drug-likeness (QED) is 0.267. The Labute approximate surface area is 214 Å². The Kier molecular flexibility index (Phi) is 8.22.